The number of amides is 1. The molecule has 0 radical (unpaired) electrons. The van der Waals surface area contributed by atoms with Crippen LogP contribution in [0.5, 0.6) is 0 Å². The number of aliphatic hydroxyl groups is 1. The Balaban J connectivity index is 1.61. The minimum Gasteiger partial charge on any atom is -0.390 e. The normalized spacial score (nSPS) is 22.8. The van der Waals surface area contributed by atoms with E-state index >= 15 is 0 Å². The second-order valence-electron chi connectivity index (χ2n) is 6.51. The molecule has 0 bridgehead atoms. The van der Waals surface area contributed by atoms with Crippen LogP contribution < -0.4 is 0 Å². The molecule has 1 N–H and O–H groups in total. The van der Waals surface area contributed by atoms with E-state index in [1.807, 2.05) is 7.05 Å². The van der Waals surface area contributed by atoms with Gasteiger partial charge in [0.15, 0.2) is 0 Å². The predicted octanol–water partition coefficient (Wildman–Crippen LogP) is 0.243. The van der Waals surface area contributed by atoms with Crippen molar-refractivity contribution in [3.05, 3.63) is 0 Å². The first-order valence-electron chi connectivity index (χ1n) is 7.87. The summed E-state index contributed by atoms with van der Waals surface area (Å²) in [5.74, 6) is 0.969. The second-order valence-corrected chi connectivity index (χ2v) is 6.51. The van der Waals surface area contributed by atoms with Crippen LogP contribution in [0, 0.1) is 5.92 Å². The largest absolute Gasteiger partial charge is 0.390 e. The van der Waals surface area contributed by atoms with Gasteiger partial charge in [0.1, 0.15) is 0 Å². The van der Waals surface area contributed by atoms with Crippen molar-refractivity contribution in [1.82, 2.24) is 14.7 Å². The van der Waals surface area contributed by atoms with Gasteiger partial charge in [0, 0.05) is 52.7 Å². The van der Waals surface area contributed by atoms with Crippen LogP contribution in [0.1, 0.15) is 25.7 Å². The van der Waals surface area contributed by atoms with Crippen molar-refractivity contribution in [2.45, 2.75) is 31.8 Å². The van der Waals surface area contributed by atoms with E-state index in [0.717, 1.165) is 38.5 Å². The van der Waals surface area contributed by atoms with Crippen molar-refractivity contribution in [3.8, 4) is 0 Å². The van der Waals surface area contributed by atoms with E-state index < -0.39 is 6.10 Å². The maximum atomic E-state index is 11.9. The van der Waals surface area contributed by atoms with Gasteiger partial charge >= 0.3 is 0 Å². The third kappa shape index (κ3) is 5.38. The van der Waals surface area contributed by atoms with Crippen LogP contribution in [0.2, 0.25) is 0 Å². The molecule has 1 aliphatic heterocycles. The summed E-state index contributed by atoms with van der Waals surface area (Å²) in [6.07, 6.45) is 3.82. The number of aliphatic hydroxyl groups excluding tert-OH is 1. The molecule has 5 heteroatoms. The quantitative estimate of drug-likeness (QED) is 0.727. The molecule has 1 aliphatic carbocycles. The van der Waals surface area contributed by atoms with Crippen LogP contribution in [0.4, 0.5) is 0 Å². The lowest BCUT2D eigenvalue weighted by atomic mass is 10.2. The average Bonchev–Trinajstić information content (AvgIpc) is 3.22. The van der Waals surface area contributed by atoms with Gasteiger partial charge in [0.05, 0.1) is 6.10 Å². The minimum atomic E-state index is -0.437. The lowest BCUT2D eigenvalue weighted by Crippen LogP contribution is -2.48. The molecule has 1 unspecified atom stereocenters. The number of hydrogen-bond acceptors (Lipinski definition) is 4. The molecule has 1 saturated carbocycles. The summed E-state index contributed by atoms with van der Waals surface area (Å²) in [7, 11) is 3.93. The number of piperazine rings is 1. The molecular weight excluding hydrogens is 254 g/mol. The molecule has 2 aliphatic rings. The van der Waals surface area contributed by atoms with Crippen LogP contribution >= 0.6 is 0 Å². The Morgan fingerprint density at radius 3 is 2.55 bits per heavy atom. The van der Waals surface area contributed by atoms with E-state index in [9.17, 15) is 9.90 Å². The fourth-order valence-electron chi connectivity index (χ4n) is 2.73. The van der Waals surface area contributed by atoms with Crippen molar-refractivity contribution in [3.63, 3.8) is 0 Å². The molecule has 1 saturated heterocycles. The third-order valence-corrected chi connectivity index (χ3v) is 4.44. The summed E-state index contributed by atoms with van der Waals surface area (Å²) in [4.78, 5) is 18.2. The summed E-state index contributed by atoms with van der Waals surface area (Å²) in [6.45, 7) is 5.26. The van der Waals surface area contributed by atoms with E-state index in [1.54, 1.807) is 4.90 Å². The topological polar surface area (TPSA) is 47.0 Å². The molecule has 0 aromatic carbocycles. The molecule has 1 heterocycles. The summed E-state index contributed by atoms with van der Waals surface area (Å²) >= 11 is 0. The smallest absolute Gasteiger partial charge is 0.222 e. The fourth-order valence-corrected chi connectivity index (χ4v) is 2.73. The predicted molar refractivity (Wildman–Crippen MR) is 79.5 cm³/mol. The zero-order valence-electron chi connectivity index (χ0n) is 12.9. The highest BCUT2D eigenvalue weighted by atomic mass is 16.3. The Morgan fingerprint density at radius 1 is 1.30 bits per heavy atom. The monoisotopic (exact) mass is 283 g/mol. The molecule has 0 aromatic heterocycles. The Morgan fingerprint density at radius 2 is 1.95 bits per heavy atom. The summed E-state index contributed by atoms with van der Waals surface area (Å²) in [5.41, 5.74) is 0. The Labute approximate surface area is 122 Å². The zero-order valence-corrected chi connectivity index (χ0v) is 12.9. The zero-order chi connectivity index (χ0) is 14.5. The summed E-state index contributed by atoms with van der Waals surface area (Å²) in [5, 5.41) is 10.1. The van der Waals surface area contributed by atoms with E-state index in [4.69, 9.17) is 0 Å². The van der Waals surface area contributed by atoms with Gasteiger partial charge in [0.25, 0.3) is 0 Å². The average molecular weight is 283 g/mol. The van der Waals surface area contributed by atoms with Crippen LogP contribution in [-0.4, -0.2) is 85.2 Å². The van der Waals surface area contributed by atoms with Crippen molar-refractivity contribution < 1.29 is 9.90 Å². The van der Waals surface area contributed by atoms with Gasteiger partial charge < -0.3 is 14.9 Å². The van der Waals surface area contributed by atoms with Gasteiger partial charge in [-0.3, -0.25) is 9.69 Å². The second kappa shape index (κ2) is 7.38. The van der Waals surface area contributed by atoms with Crippen molar-refractivity contribution in [2.75, 3.05) is 53.4 Å². The van der Waals surface area contributed by atoms with Gasteiger partial charge in [-0.15, -0.1) is 0 Å². The van der Waals surface area contributed by atoms with Gasteiger partial charge in [-0.25, -0.2) is 0 Å². The lowest BCUT2D eigenvalue weighted by Gasteiger charge is -2.34. The number of β-amino-alcohol motifs (C(OH)–C–C–N with tert-alkyl or cyclic N) is 1. The molecule has 2 rings (SSSR count). The molecule has 20 heavy (non-hydrogen) atoms. The van der Waals surface area contributed by atoms with Crippen LogP contribution in [-0.2, 0) is 4.79 Å². The molecule has 0 spiro atoms. The minimum absolute atomic E-state index is 0.175. The summed E-state index contributed by atoms with van der Waals surface area (Å²) in [6, 6.07) is 0. The Bertz CT molecular complexity index is 312. The van der Waals surface area contributed by atoms with Crippen LogP contribution in [0.15, 0.2) is 0 Å². The van der Waals surface area contributed by atoms with E-state index in [0.29, 0.717) is 19.5 Å². The first-order chi connectivity index (χ1) is 9.54. The highest BCUT2D eigenvalue weighted by Gasteiger charge is 2.24. The van der Waals surface area contributed by atoms with Gasteiger partial charge in [-0.2, -0.15) is 0 Å². The first-order valence-corrected chi connectivity index (χ1v) is 7.87. The van der Waals surface area contributed by atoms with Crippen molar-refractivity contribution in [2.24, 2.45) is 5.92 Å². The van der Waals surface area contributed by atoms with Gasteiger partial charge in [-0.05, 0) is 19.4 Å². The number of nitrogens with zero attached hydrogens (tertiary/aromatic N) is 3. The molecule has 116 valence electrons. The maximum Gasteiger partial charge on any atom is 0.222 e. The molecule has 2 fully saturated rings. The lowest BCUT2D eigenvalue weighted by molar-refractivity contribution is -0.131. The maximum absolute atomic E-state index is 11.9. The number of carbonyl (C=O) groups excluding carboxylic acids is 1. The van der Waals surface area contributed by atoms with E-state index in [1.165, 1.54) is 12.8 Å². The Kier molecular flexibility index (Phi) is 5.81. The highest BCUT2D eigenvalue weighted by molar-refractivity contribution is 5.75. The number of hydrogen-bond donors (Lipinski definition) is 1. The summed E-state index contributed by atoms with van der Waals surface area (Å²) < 4.78 is 0. The first kappa shape index (κ1) is 15.7. The van der Waals surface area contributed by atoms with Gasteiger partial charge in [-0.1, -0.05) is 12.8 Å². The fraction of sp³-hybridized carbons (Fsp3) is 0.933. The van der Waals surface area contributed by atoms with E-state index in [2.05, 4.69) is 16.8 Å². The van der Waals surface area contributed by atoms with Crippen LogP contribution in [0.3, 0.4) is 0 Å². The number of rotatable bonds is 7. The SMILES string of the molecule is CN1CCN(CC(O)CN(C)C(=O)CCC2CC2)CC1. The molecule has 0 aromatic rings. The Hall–Kier alpha value is -0.650. The van der Waals surface area contributed by atoms with Crippen molar-refractivity contribution in [1.29, 1.82) is 0 Å². The number of likely N-dealkylation sites (N-methyl/N-ethyl adjacent to an activating group) is 2. The van der Waals surface area contributed by atoms with Crippen molar-refractivity contribution >= 4 is 5.91 Å². The highest BCUT2D eigenvalue weighted by Crippen LogP contribution is 2.33. The molecule has 1 atom stereocenters. The molecule has 1 amide bonds. The van der Waals surface area contributed by atoms with E-state index in [-0.39, 0.29) is 5.91 Å². The molecular formula is C15H29N3O2. The molecule has 5 nitrogen and oxygen atoms in total. The van der Waals surface area contributed by atoms with Gasteiger partial charge in [0.2, 0.25) is 5.91 Å². The number of carbonyl (C=O) groups is 1. The standard InChI is InChI=1S/C15H29N3O2/c1-16-7-9-18(10-8-16)12-14(19)11-17(2)15(20)6-5-13-3-4-13/h13-14,19H,3-12H2,1-2H3. The van der Waals surface area contributed by atoms with Crippen LogP contribution in [0.25, 0.3) is 0 Å². The third-order valence-electron chi connectivity index (χ3n) is 4.44.